The first-order valence-corrected chi connectivity index (χ1v) is 11.2. The Kier molecular flexibility index (Phi) is 4.79. The van der Waals surface area contributed by atoms with Gasteiger partial charge in [0.2, 0.25) is 0 Å². The van der Waals surface area contributed by atoms with E-state index in [1.165, 1.54) is 11.3 Å². The van der Waals surface area contributed by atoms with Crippen LogP contribution in [0.3, 0.4) is 0 Å². The smallest absolute Gasteiger partial charge is 0.263 e. The first-order valence-electron chi connectivity index (χ1n) is 8.83. The van der Waals surface area contributed by atoms with Crippen molar-refractivity contribution in [3.05, 3.63) is 47.5 Å². The number of hydrogen-bond acceptors (Lipinski definition) is 6. The topological polar surface area (TPSA) is 65.5 Å². The number of aryl methyl sites for hydroxylation is 1. The Labute approximate surface area is 163 Å². The van der Waals surface area contributed by atoms with Crippen molar-refractivity contribution in [1.29, 1.82) is 0 Å². The van der Waals surface area contributed by atoms with Crippen LogP contribution in [0.5, 0.6) is 0 Å². The molecule has 1 aromatic carbocycles. The van der Waals surface area contributed by atoms with Crippen molar-refractivity contribution in [2.24, 2.45) is 0 Å². The summed E-state index contributed by atoms with van der Waals surface area (Å²) in [6.45, 7) is 5.52. The van der Waals surface area contributed by atoms with Crippen molar-refractivity contribution < 1.29 is 8.42 Å². The molecule has 1 saturated heterocycles. The zero-order valence-corrected chi connectivity index (χ0v) is 17.0. The lowest BCUT2D eigenvalue weighted by molar-refractivity contribution is 0.312. The maximum absolute atomic E-state index is 13.1. The number of aromatic nitrogens is 1. The third-order valence-electron chi connectivity index (χ3n) is 4.83. The predicted molar refractivity (Wildman–Crippen MR) is 111 cm³/mol. The monoisotopic (exact) mass is 402 g/mol. The number of fused-ring (bicyclic) bond motifs is 1. The van der Waals surface area contributed by atoms with Crippen molar-refractivity contribution in [1.82, 2.24) is 9.88 Å². The number of benzene rings is 1. The summed E-state index contributed by atoms with van der Waals surface area (Å²) in [5.41, 5.74) is 1.64. The lowest BCUT2D eigenvalue weighted by Crippen LogP contribution is -2.44. The third-order valence-corrected chi connectivity index (χ3v) is 7.33. The molecule has 0 spiro atoms. The average Bonchev–Trinajstić information content (AvgIpc) is 3.09. The zero-order chi connectivity index (χ0) is 19.0. The van der Waals surface area contributed by atoms with E-state index in [2.05, 4.69) is 26.6 Å². The van der Waals surface area contributed by atoms with Gasteiger partial charge in [0.05, 0.1) is 5.39 Å². The van der Waals surface area contributed by atoms with Gasteiger partial charge in [-0.25, -0.2) is 13.4 Å². The molecule has 1 N–H and O–H groups in total. The van der Waals surface area contributed by atoms with E-state index in [1.807, 2.05) is 25.1 Å². The molecule has 0 bridgehead atoms. The van der Waals surface area contributed by atoms with Crippen LogP contribution >= 0.6 is 11.3 Å². The van der Waals surface area contributed by atoms with E-state index in [0.717, 1.165) is 42.3 Å². The van der Waals surface area contributed by atoms with Gasteiger partial charge in [-0.15, -0.1) is 11.3 Å². The van der Waals surface area contributed by atoms with Crippen LogP contribution in [0, 0.1) is 6.92 Å². The van der Waals surface area contributed by atoms with Crippen molar-refractivity contribution in [3.63, 3.8) is 0 Å². The molecule has 2 aromatic heterocycles. The number of nitrogens with one attached hydrogen (secondary N) is 1. The number of piperazine rings is 1. The minimum atomic E-state index is -3.70. The molecule has 4 rings (SSSR count). The Morgan fingerprint density at radius 2 is 1.78 bits per heavy atom. The molecule has 0 amide bonds. The zero-order valence-electron chi connectivity index (χ0n) is 15.3. The molecule has 3 heterocycles. The summed E-state index contributed by atoms with van der Waals surface area (Å²) < 4.78 is 29.8. The van der Waals surface area contributed by atoms with Gasteiger partial charge in [0, 0.05) is 48.1 Å². The minimum Gasteiger partial charge on any atom is -0.353 e. The fraction of sp³-hybridized carbons (Fsp3) is 0.316. The van der Waals surface area contributed by atoms with E-state index in [1.54, 1.807) is 23.7 Å². The van der Waals surface area contributed by atoms with E-state index >= 15 is 0 Å². The summed E-state index contributed by atoms with van der Waals surface area (Å²) in [4.78, 5) is 9.28. The summed E-state index contributed by atoms with van der Waals surface area (Å²) in [7, 11) is -1.60. The maximum atomic E-state index is 13.1. The molecule has 27 heavy (non-hydrogen) atoms. The second-order valence-electron chi connectivity index (χ2n) is 6.87. The molecular formula is C19H22N4O2S2. The molecule has 0 aliphatic carbocycles. The van der Waals surface area contributed by atoms with Crippen LogP contribution in [-0.2, 0) is 10.0 Å². The molecule has 1 aliphatic rings. The Bertz CT molecular complexity index is 1050. The van der Waals surface area contributed by atoms with Gasteiger partial charge in [-0.1, -0.05) is 17.7 Å². The Hall–Kier alpha value is -2.16. The van der Waals surface area contributed by atoms with Gasteiger partial charge in [0.1, 0.15) is 10.7 Å². The molecule has 1 aliphatic heterocycles. The van der Waals surface area contributed by atoms with Crippen molar-refractivity contribution in [3.8, 4) is 0 Å². The van der Waals surface area contributed by atoms with Crippen LogP contribution in [0.25, 0.3) is 10.1 Å². The quantitative estimate of drug-likeness (QED) is 0.726. The molecule has 0 unspecified atom stereocenters. The van der Waals surface area contributed by atoms with Gasteiger partial charge in [0.15, 0.2) is 0 Å². The minimum absolute atomic E-state index is 0.296. The highest BCUT2D eigenvalue weighted by Gasteiger charge is 2.25. The number of sulfonamides is 1. The Morgan fingerprint density at radius 1 is 1.07 bits per heavy atom. The summed E-state index contributed by atoms with van der Waals surface area (Å²) in [6.07, 6.45) is 1.76. The van der Waals surface area contributed by atoms with Gasteiger partial charge < -0.3 is 9.80 Å². The van der Waals surface area contributed by atoms with E-state index in [0.29, 0.717) is 16.0 Å². The van der Waals surface area contributed by atoms with Gasteiger partial charge >= 0.3 is 0 Å². The highest BCUT2D eigenvalue weighted by molar-refractivity contribution is 7.93. The highest BCUT2D eigenvalue weighted by Crippen LogP contribution is 2.36. The second kappa shape index (κ2) is 7.10. The number of thiophene rings is 1. The predicted octanol–water partition coefficient (Wildman–Crippen LogP) is 3.16. The first-order chi connectivity index (χ1) is 12.9. The fourth-order valence-corrected chi connectivity index (χ4v) is 5.78. The lowest BCUT2D eigenvalue weighted by atomic mass is 10.2. The maximum Gasteiger partial charge on any atom is 0.263 e. The van der Waals surface area contributed by atoms with Crippen molar-refractivity contribution >= 4 is 43.0 Å². The van der Waals surface area contributed by atoms with Crippen molar-refractivity contribution in [2.45, 2.75) is 11.8 Å². The van der Waals surface area contributed by atoms with Crippen LogP contribution in [0.15, 0.2) is 46.8 Å². The normalized spacial score (nSPS) is 16.0. The van der Waals surface area contributed by atoms with E-state index in [9.17, 15) is 8.42 Å². The van der Waals surface area contributed by atoms with Crippen molar-refractivity contribution in [2.75, 3.05) is 42.8 Å². The number of anilines is 2. The number of pyridine rings is 1. The Balaban J connectivity index is 1.74. The summed E-state index contributed by atoms with van der Waals surface area (Å²) in [5.74, 6) is 0.756. The largest absolute Gasteiger partial charge is 0.353 e. The van der Waals surface area contributed by atoms with Crippen LogP contribution in [0.2, 0.25) is 0 Å². The molecule has 0 saturated carbocycles. The third kappa shape index (κ3) is 3.65. The lowest BCUT2D eigenvalue weighted by Gasteiger charge is -2.33. The summed E-state index contributed by atoms with van der Waals surface area (Å²) in [5, 5.41) is 2.43. The fourth-order valence-electron chi connectivity index (χ4n) is 3.23. The number of rotatable bonds is 4. The van der Waals surface area contributed by atoms with Crippen LogP contribution < -0.4 is 9.62 Å². The SMILES string of the molecule is Cc1ccc(NS(=O)(=O)c2csc3ccnc(N4CCN(C)CC4)c23)cc1. The standard InChI is InChI=1S/C19H22N4O2S2/c1-14-3-5-15(6-4-14)21-27(24,25)17-13-26-16-7-8-20-19(18(16)17)23-11-9-22(2)10-12-23/h3-8,13,21H,9-12H2,1-2H3. The van der Waals surface area contributed by atoms with E-state index in [-0.39, 0.29) is 0 Å². The molecule has 142 valence electrons. The summed E-state index contributed by atoms with van der Waals surface area (Å²) >= 11 is 1.44. The number of nitrogens with zero attached hydrogens (tertiary/aromatic N) is 3. The van der Waals surface area contributed by atoms with Crippen LogP contribution in [-0.4, -0.2) is 51.5 Å². The van der Waals surface area contributed by atoms with Crippen LogP contribution in [0.4, 0.5) is 11.5 Å². The van der Waals surface area contributed by atoms with Gasteiger partial charge in [-0.05, 0) is 32.2 Å². The van der Waals surface area contributed by atoms with Gasteiger partial charge in [0.25, 0.3) is 10.0 Å². The molecule has 1 fully saturated rings. The Morgan fingerprint density at radius 3 is 2.48 bits per heavy atom. The second-order valence-corrected chi connectivity index (χ2v) is 9.43. The molecule has 3 aromatic rings. The van der Waals surface area contributed by atoms with E-state index < -0.39 is 10.0 Å². The molecular weight excluding hydrogens is 380 g/mol. The highest BCUT2D eigenvalue weighted by atomic mass is 32.2. The number of likely N-dealkylation sites (N-methyl/N-ethyl adjacent to an activating group) is 1. The van der Waals surface area contributed by atoms with Gasteiger partial charge in [-0.2, -0.15) is 0 Å². The first kappa shape index (κ1) is 18.2. The summed E-state index contributed by atoms with van der Waals surface area (Å²) in [6, 6.07) is 9.22. The molecule has 6 nitrogen and oxygen atoms in total. The van der Waals surface area contributed by atoms with Crippen LogP contribution in [0.1, 0.15) is 5.56 Å². The number of hydrogen-bond donors (Lipinski definition) is 1. The molecule has 8 heteroatoms. The van der Waals surface area contributed by atoms with Gasteiger partial charge in [-0.3, -0.25) is 4.72 Å². The average molecular weight is 403 g/mol. The molecule has 0 radical (unpaired) electrons. The molecule has 0 atom stereocenters. The van der Waals surface area contributed by atoms with E-state index in [4.69, 9.17) is 0 Å².